The number of nitrogens with one attached hydrogen (secondary N) is 1. The van der Waals surface area contributed by atoms with Crippen molar-refractivity contribution in [3.8, 4) is 0 Å². The second-order valence-corrected chi connectivity index (χ2v) is 6.68. The SMILES string of the molecule is O=C(CC1CNc2ccccc21)N1C2CCC1CC(O)C2. The normalized spacial score (nSPS) is 33.7. The minimum Gasteiger partial charge on any atom is -0.393 e. The van der Waals surface area contributed by atoms with Gasteiger partial charge in [0, 0.05) is 36.7 Å². The lowest BCUT2D eigenvalue weighted by Gasteiger charge is -2.37. The molecule has 0 aromatic heterocycles. The van der Waals surface area contributed by atoms with Crippen LogP contribution in [0.5, 0.6) is 0 Å². The van der Waals surface area contributed by atoms with Crippen LogP contribution in [0.25, 0.3) is 0 Å². The average Bonchev–Trinajstić information content (AvgIpc) is 2.99. The lowest BCUT2D eigenvalue weighted by Crippen LogP contribution is -2.48. The number of fused-ring (bicyclic) bond motifs is 3. The number of carbonyl (C=O) groups excluding carboxylic acids is 1. The zero-order valence-electron chi connectivity index (χ0n) is 12.2. The third kappa shape index (κ3) is 2.22. The lowest BCUT2D eigenvalue weighted by molar-refractivity contribution is -0.137. The number of hydrogen-bond acceptors (Lipinski definition) is 3. The van der Waals surface area contributed by atoms with E-state index >= 15 is 0 Å². The molecule has 21 heavy (non-hydrogen) atoms. The van der Waals surface area contributed by atoms with E-state index < -0.39 is 0 Å². The number of hydrogen-bond donors (Lipinski definition) is 2. The molecule has 3 atom stereocenters. The number of aliphatic hydroxyl groups is 1. The average molecular weight is 286 g/mol. The molecule has 1 amide bonds. The quantitative estimate of drug-likeness (QED) is 0.875. The number of anilines is 1. The first-order valence-electron chi connectivity index (χ1n) is 8.04. The second kappa shape index (κ2) is 5.02. The Morgan fingerprint density at radius 1 is 1.24 bits per heavy atom. The summed E-state index contributed by atoms with van der Waals surface area (Å²) in [7, 11) is 0. The van der Waals surface area contributed by atoms with Gasteiger partial charge in [-0.3, -0.25) is 4.79 Å². The minimum atomic E-state index is -0.208. The zero-order chi connectivity index (χ0) is 14.4. The van der Waals surface area contributed by atoms with Crippen LogP contribution in [-0.4, -0.2) is 40.6 Å². The first-order chi connectivity index (χ1) is 10.2. The van der Waals surface area contributed by atoms with Gasteiger partial charge in [-0.15, -0.1) is 0 Å². The molecular weight excluding hydrogens is 264 g/mol. The molecule has 112 valence electrons. The first kappa shape index (κ1) is 13.1. The fraction of sp³-hybridized carbons (Fsp3) is 0.588. The molecule has 4 nitrogen and oxygen atoms in total. The Morgan fingerprint density at radius 3 is 2.71 bits per heavy atom. The molecule has 4 heteroatoms. The van der Waals surface area contributed by atoms with E-state index in [4.69, 9.17) is 0 Å². The zero-order valence-corrected chi connectivity index (χ0v) is 12.2. The van der Waals surface area contributed by atoms with Gasteiger partial charge in [-0.25, -0.2) is 0 Å². The fourth-order valence-corrected chi connectivity index (χ4v) is 4.41. The van der Waals surface area contributed by atoms with Crippen molar-refractivity contribution in [1.29, 1.82) is 0 Å². The maximum absolute atomic E-state index is 12.7. The van der Waals surface area contributed by atoms with Crippen LogP contribution in [0.2, 0.25) is 0 Å². The summed E-state index contributed by atoms with van der Waals surface area (Å²) in [6, 6.07) is 8.83. The Labute approximate surface area is 125 Å². The third-order valence-corrected chi connectivity index (χ3v) is 5.36. The van der Waals surface area contributed by atoms with Crippen LogP contribution in [-0.2, 0) is 4.79 Å². The van der Waals surface area contributed by atoms with E-state index in [1.54, 1.807) is 0 Å². The number of rotatable bonds is 2. The molecule has 3 aliphatic rings. The topological polar surface area (TPSA) is 52.6 Å². The summed E-state index contributed by atoms with van der Waals surface area (Å²) >= 11 is 0. The molecule has 2 bridgehead atoms. The number of nitrogens with zero attached hydrogens (tertiary/aromatic N) is 1. The molecule has 0 radical (unpaired) electrons. The highest BCUT2D eigenvalue weighted by Gasteiger charge is 2.43. The van der Waals surface area contributed by atoms with Crippen molar-refractivity contribution in [3.05, 3.63) is 29.8 Å². The molecule has 3 heterocycles. The highest BCUT2D eigenvalue weighted by atomic mass is 16.3. The smallest absolute Gasteiger partial charge is 0.223 e. The molecule has 0 aliphatic carbocycles. The van der Waals surface area contributed by atoms with Crippen LogP contribution in [0, 0.1) is 0 Å². The maximum Gasteiger partial charge on any atom is 0.223 e. The summed E-state index contributed by atoms with van der Waals surface area (Å²) in [4.78, 5) is 14.8. The highest BCUT2D eigenvalue weighted by Crippen LogP contribution is 2.39. The molecule has 1 aromatic rings. The Kier molecular flexibility index (Phi) is 3.14. The van der Waals surface area contributed by atoms with Crippen LogP contribution in [0.4, 0.5) is 5.69 Å². The van der Waals surface area contributed by atoms with Gasteiger partial charge in [-0.05, 0) is 37.3 Å². The second-order valence-electron chi connectivity index (χ2n) is 6.68. The molecule has 0 spiro atoms. The van der Waals surface area contributed by atoms with Crippen molar-refractivity contribution in [2.24, 2.45) is 0 Å². The van der Waals surface area contributed by atoms with E-state index in [0.717, 1.165) is 32.2 Å². The summed E-state index contributed by atoms with van der Waals surface area (Å²) in [5.74, 6) is 0.567. The Balaban J connectivity index is 1.48. The van der Waals surface area contributed by atoms with E-state index in [0.29, 0.717) is 12.3 Å². The first-order valence-corrected chi connectivity index (χ1v) is 8.04. The predicted molar refractivity (Wildman–Crippen MR) is 81.2 cm³/mol. The van der Waals surface area contributed by atoms with Crippen LogP contribution < -0.4 is 5.32 Å². The van der Waals surface area contributed by atoms with Crippen LogP contribution in [0.3, 0.4) is 0 Å². The lowest BCUT2D eigenvalue weighted by atomic mass is 9.94. The van der Waals surface area contributed by atoms with Crippen molar-refractivity contribution in [2.75, 3.05) is 11.9 Å². The number of para-hydroxylation sites is 1. The monoisotopic (exact) mass is 286 g/mol. The molecule has 2 saturated heterocycles. The van der Waals surface area contributed by atoms with E-state index in [1.165, 1.54) is 11.3 Å². The number of piperidine rings is 1. The number of aliphatic hydroxyl groups excluding tert-OH is 1. The molecule has 4 rings (SSSR count). The molecule has 1 aromatic carbocycles. The van der Waals surface area contributed by atoms with Gasteiger partial charge in [0.05, 0.1) is 6.10 Å². The van der Waals surface area contributed by atoms with Crippen LogP contribution in [0.1, 0.15) is 43.6 Å². The minimum absolute atomic E-state index is 0.208. The van der Waals surface area contributed by atoms with Crippen molar-refractivity contribution >= 4 is 11.6 Å². The van der Waals surface area contributed by atoms with E-state index in [9.17, 15) is 9.90 Å². The van der Waals surface area contributed by atoms with Crippen LogP contribution in [0.15, 0.2) is 24.3 Å². The molecular formula is C17H22N2O2. The Morgan fingerprint density at radius 2 is 1.95 bits per heavy atom. The molecule has 2 N–H and O–H groups in total. The fourth-order valence-electron chi connectivity index (χ4n) is 4.41. The molecule has 3 unspecified atom stereocenters. The van der Waals surface area contributed by atoms with Crippen LogP contribution >= 0.6 is 0 Å². The van der Waals surface area contributed by atoms with Crippen molar-refractivity contribution in [1.82, 2.24) is 4.90 Å². The van der Waals surface area contributed by atoms with E-state index in [2.05, 4.69) is 22.3 Å². The predicted octanol–water partition coefficient (Wildman–Crippen LogP) is 2.10. The van der Waals surface area contributed by atoms with Gasteiger partial charge in [-0.2, -0.15) is 0 Å². The van der Waals surface area contributed by atoms with Crippen molar-refractivity contribution in [2.45, 2.75) is 56.2 Å². The summed E-state index contributed by atoms with van der Waals surface area (Å²) in [5.41, 5.74) is 2.45. The van der Waals surface area contributed by atoms with Gasteiger partial charge in [0.25, 0.3) is 0 Å². The van der Waals surface area contributed by atoms with Crippen molar-refractivity contribution in [3.63, 3.8) is 0 Å². The summed E-state index contributed by atoms with van der Waals surface area (Å²) in [5, 5.41) is 13.2. The summed E-state index contributed by atoms with van der Waals surface area (Å²) < 4.78 is 0. The third-order valence-electron chi connectivity index (χ3n) is 5.36. The van der Waals surface area contributed by atoms with Gasteiger partial charge >= 0.3 is 0 Å². The standard InChI is InChI=1S/C17H22N2O2/c20-14-8-12-5-6-13(9-14)19(12)17(21)7-11-10-18-16-4-2-1-3-15(11)16/h1-4,11-14,18,20H,5-10H2. The molecule has 0 saturated carbocycles. The largest absolute Gasteiger partial charge is 0.393 e. The van der Waals surface area contributed by atoms with Gasteiger partial charge in [0.2, 0.25) is 5.91 Å². The van der Waals surface area contributed by atoms with Crippen molar-refractivity contribution < 1.29 is 9.90 Å². The van der Waals surface area contributed by atoms with Gasteiger partial charge < -0.3 is 15.3 Å². The van der Waals surface area contributed by atoms with Gasteiger partial charge in [0.15, 0.2) is 0 Å². The summed E-state index contributed by atoms with van der Waals surface area (Å²) in [6.45, 7) is 0.858. The molecule has 3 aliphatic heterocycles. The number of amides is 1. The van der Waals surface area contributed by atoms with Gasteiger partial charge in [0.1, 0.15) is 0 Å². The maximum atomic E-state index is 12.7. The summed E-state index contributed by atoms with van der Waals surface area (Å²) in [6.07, 6.45) is 4.04. The molecule has 2 fully saturated rings. The highest BCUT2D eigenvalue weighted by molar-refractivity contribution is 5.79. The number of benzene rings is 1. The number of carbonyl (C=O) groups is 1. The Bertz CT molecular complexity index is 545. The van der Waals surface area contributed by atoms with Gasteiger partial charge in [-0.1, -0.05) is 18.2 Å². The van der Waals surface area contributed by atoms with E-state index in [1.807, 2.05) is 12.1 Å². The Hall–Kier alpha value is -1.55. The van der Waals surface area contributed by atoms with E-state index in [-0.39, 0.29) is 24.1 Å².